The van der Waals surface area contributed by atoms with Crippen LogP contribution in [0.3, 0.4) is 0 Å². The monoisotopic (exact) mass is 426 g/mol. The molecule has 4 rings (SSSR count). The fourth-order valence-corrected chi connectivity index (χ4v) is 6.12. The summed E-state index contributed by atoms with van der Waals surface area (Å²) in [6.07, 6.45) is 4.06. The van der Waals surface area contributed by atoms with Gasteiger partial charge in [0.1, 0.15) is 5.69 Å². The zero-order chi connectivity index (χ0) is 19.9. The van der Waals surface area contributed by atoms with Crippen molar-refractivity contribution in [3.05, 3.63) is 17.7 Å². The number of nitrogens with zero attached hydrogens (tertiary/aromatic N) is 4. The van der Waals surface area contributed by atoms with Crippen LogP contribution in [0.4, 0.5) is 15.5 Å². The van der Waals surface area contributed by atoms with Crippen molar-refractivity contribution < 1.29 is 12.8 Å². The second-order valence-electron chi connectivity index (χ2n) is 7.14. The number of rotatable bonds is 6. The fourth-order valence-electron chi connectivity index (χ4n) is 3.33. The SMILES string of the molecule is CNc1nc(C)c(-c2nc(NC3CCN(S(=O)(=O)C4CC4)CC3)ncc2F)s1. The van der Waals surface area contributed by atoms with Crippen LogP contribution in [-0.4, -0.2) is 59.1 Å². The molecule has 2 fully saturated rings. The Kier molecular flexibility index (Phi) is 5.23. The van der Waals surface area contributed by atoms with E-state index in [1.54, 1.807) is 11.4 Å². The van der Waals surface area contributed by atoms with E-state index in [0.29, 0.717) is 47.6 Å². The van der Waals surface area contributed by atoms with Gasteiger partial charge < -0.3 is 10.6 Å². The molecule has 0 bridgehead atoms. The number of aromatic nitrogens is 3. The zero-order valence-corrected chi connectivity index (χ0v) is 17.4. The summed E-state index contributed by atoms with van der Waals surface area (Å²) in [6, 6.07) is 0.0550. The van der Waals surface area contributed by atoms with Crippen LogP contribution in [0.2, 0.25) is 0 Å². The van der Waals surface area contributed by atoms with Crippen LogP contribution in [0.25, 0.3) is 10.6 Å². The number of anilines is 2. The van der Waals surface area contributed by atoms with Crippen molar-refractivity contribution in [1.82, 2.24) is 19.3 Å². The molecule has 11 heteroatoms. The molecule has 152 valence electrons. The minimum atomic E-state index is -3.13. The van der Waals surface area contributed by atoms with Gasteiger partial charge in [-0.05, 0) is 32.6 Å². The minimum absolute atomic E-state index is 0.0550. The van der Waals surface area contributed by atoms with Crippen molar-refractivity contribution in [2.24, 2.45) is 0 Å². The third-order valence-electron chi connectivity index (χ3n) is 5.06. The van der Waals surface area contributed by atoms with E-state index in [0.717, 1.165) is 19.0 Å². The van der Waals surface area contributed by atoms with Gasteiger partial charge in [0.2, 0.25) is 16.0 Å². The maximum absolute atomic E-state index is 14.3. The molecule has 1 saturated carbocycles. The molecule has 0 unspecified atom stereocenters. The van der Waals surface area contributed by atoms with Gasteiger partial charge in [-0.2, -0.15) is 0 Å². The molecule has 0 amide bonds. The highest BCUT2D eigenvalue weighted by atomic mass is 32.2. The highest BCUT2D eigenvalue weighted by Crippen LogP contribution is 2.34. The number of hydrogen-bond acceptors (Lipinski definition) is 8. The zero-order valence-electron chi connectivity index (χ0n) is 15.8. The van der Waals surface area contributed by atoms with Crippen molar-refractivity contribution in [1.29, 1.82) is 0 Å². The number of nitrogens with one attached hydrogen (secondary N) is 2. The Labute approximate surface area is 167 Å². The predicted octanol–water partition coefficient (Wildman–Crippen LogP) is 2.46. The van der Waals surface area contributed by atoms with Gasteiger partial charge in [-0.3, -0.25) is 0 Å². The van der Waals surface area contributed by atoms with Crippen LogP contribution >= 0.6 is 11.3 Å². The number of hydrogen-bond donors (Lipinski definition) is 2. The van der Waals surface area contributed by atoms with E-state index in [2.05, 4.69) is 25.6 Å². The molecule has 1 aliphatic carbocycles. The molecule has 2 aromatic rings. The number of thiazole rings is 1. The molecule has 1 aliphatic heterocycles. The first-order valence-electron chi connectivity index (χ1n) is 9.32. The molecule has 2 aromatic heterocycles. The van der Waals surface area contributed by atoms with E-state index in [-0.39, 0.29) is 17.0 Å². The lowest BCUT2D eigenvalue weighted by atomic mass is 10.1. The van der Waals surface area contributed by atoms with Gasteiger partial charge in [0.15, 0.2) is 10.9 Å². The average molecular weight is 427 g/mol. The van der Waals surface area contributed by atoms with Crippen molar-refractivity contribution in [3.8, 4) is 10.6 Å². The third-order valence-corrected chi connectivity index (χ3v) is 8.64. The largest absolute Gasteiger partial charge is 0.365 e. The van der Waals surface area contributed by atoms with Crippen LogP contribution in [0.1, 0.15) is 31.4 Å². The average Bonchev–Trinajstić information content (AvgIpc) is 3.47. The highest BCUT2D eigenvalue weighted by molar-refractivity contribution is 7.90. The number of piperidine rings is 1. The van der Waals surface area contributed by atoms with Crippen LogP contribution < -0.4 is 10.6 Å². The standard InChI is InChI=1S/C17H23FN6O2S2/c1-10-15(27-17(19-2)21-10)14-13(18)9-20-16(23-14)22-11-5-7-24(8-6-11)28(25,26)12-3-4-12/h9,11-12H,3-8H2,1-2H3,(H,19,21)(H,20,22,23). The molecule has 0 spiro atoms. The molecule has 0 aromatic carbocycles. The summed E-state index contributed by atoms with van der Waals surface area (Å²) >= 11 is 1.34. The summed E-state index contributed by atoms with van der Waals surface area (Å²) in [7, 11) is -1.36. The third kappa shape index (κ3) is 3.83. The normalized spacial score (nSPS) is 19.0. The molecular formula is C17H23FN6O2S2. The molecule has 0 atom stereocenters. The van der Waals surface area contributed by atoms with Crippen molar-refractivity contribution in [2.75, 3.05) is 30.8 Å². The summed E-state index contributed by atoms with van der Waals surface area (Å²) in [4.78, 5) is 13.4. The Bertz CT molecular complexity index is 968. The fraction of sp³-hybridized carbons (Fsp3) is 0.588. The van der Waals surface area contributed by atoms with E-state index in [9.17, 15) is 12.8 Å². The first-order chi connectivity index (χ1) is 13.4. The molecule has 1 saturated heterocycles. The Morgan fingerprint density at radius 3 is 2.54 bits per heavy atom. The molecule has 28 heavy (non-hydrogen) atoms. The van der Waals surface area contributed by atoms with Gasteiger partial charge in [-0.25, -0.2) is 32.1 Å². The van der Waals surface area contributed by atoms with Crippen LogP contribution in [0, 0.1) is 12.7 Å². The summed E-state index contributed by atoms with van der Waals surface area (Å²) in [5.41, 5.74) is 0.930. The lowest BCUT2D eigenvalue weighted by Crippen LogP contribution is -2.43. The van der Waals surface area contributed by atoms with E-state index in [4.69, 9.17) is 0 Å². The Morgan fingerprint density at radius 1 is 1.21 bits per heavy atom. The van der Waals surface area contributed by atoms with Crippen LogP contribution in [0.15, 0.2) is 6.20 Å². The lowest BCUT2D eigenvalue weighted by Gasteiger charge is -2.31. The molecular weight excluding hydrogens is 403 g/mol. The highest BCUT2D eigenvalue weighted by Gasteiger charge is 2.41. The van der Waals surface area contributed by atoms with E-state index in [1.165, 1.54) is 11.3 Å². The van der Waals surface area contributed by atoms with Gasteiger partial charge >= 0.3 is 0 Å². The van der Waals surface area contributed by atoms with E-state index in [1.807, 2.05) is 6.92 Å². The molecule has 2 aliphatic rings. The second kappa shape index (κ2) is 7.53. The second-order valence-corrected chi connectivity index (χ2v) is 10.3. The van der Waals surface area contributed by atoms with E-state index >= 15 is 0 Å². The van der Waals surface area contributed by atoms with Crippen LogP contribution in [-0.2, 0) is 10.0 Å². The van der Waals surface area contributed by atoms with Crippen molar-refractivity contribution in [2.45, 2.75) is 43.9 Å². The first-order valence-corrected chi connectivity index (χ1v) is 11.6. The Hall–Kier alpha value is -1.85. The molecule has 3 heterocycles. The quantitative estimate of drug-likeness (QED) is 0.732. The van der Waals surface area contributed by atoms with Gasteiger partial charge in [-0.1, -0.05) is 11.3 Å². The first kappa shape index (κ1) is 19.5. The van der Waals surface area contributed by atoms with Crippen LogP contribution in [0.5, 0.6) is 0 Å². The Morgan fingerprint density at radius 2 is 1.93 bits per heavy atom. The molecule has 2 N–H and O–H groups in total. The van der Waals surface area contributed by atoms with Gasteiger partial charge in [0.05, 0.1) is 22.0 Å². The maximum Gasteiger partial charge on any atom is 0.223 e. The minimum Gasteiger partial charge on any atom is -0.365 e. The molecule has 8 nitrogen and oxygen atoms in total. The van der Waals surface area contributed by atoms with Crippen molar-refractivity contribution in [3.63, 3.8) is 0 Å². The maximum atomic E-state index is 14.3. The number of sulfonamides is 1. The molecule has 0 radical (unpaired) electrons. The summed E-state index contributed by atoms with van der Waals surface area (Å²) in [5, 5.41) is 6.71. The Balaban J connectivity index is 1.45. The number of halogens is 1. The lowest BCUT2D eigenvalue weighted by molar-refractivity contribution is 0.328. The van der Waals surface area contributed by atoms with Gasteiger partial charge in [-0.15, -0.1) is 0 Å². The van der Waals surface area contributed by atoms with Gasteiger partial charge in [0.25, 0.3) is 0 Å². The van der Waals surface area contributed by atoms with Gasteiger partial charge in [0, 0.05) is 26.2 Å². The smallest absolute Gasteiger partial charge is 0.223 e. The topological polar surface area (TPSA) is 100 Å². The number of aryl methyl sites for hydroxylation is 1. The van der Waals surface area contributed by atoms with Crippen molar-refractivity contribution >= 4 is 32.4 Å². The summed E-state index contributed by atoms with van der Waals surface area (Å²) < 4.78 is 40.6. The van der Waals surface area contributed by atoms with E-state index < -0.39 is 15.8 Å². The summed E-state index contributed by atoms with van der Waals surface area (Å²) in [6.45, 7) is 2.80. The summed E-state index contributed by atoms with van der Waals surface area (Å²) in [5.74, 6) is -0.149. The predicted molar refractivity (Wildman–Crippen MR) is 108 cm³/mol.